The van der Waals surface area contributed by atoms with Gasteiger partial charge in [-0.3, -0.25) is 0 Å². The highest BCUT2D eigenvalue weighted by Crippen LogP contribution is 2.53. The normalized spacial score (nSPS) is 29.6. The molecule has 31 heavy (non-hydrogen) atoms. The number of aromatic nitrogens is 4. The minimum Gasteiger partial charge on any atom is -0.391 e. The predicted molar refractivity (Wildman–Crippen MR) is 117 cm³/mol. The van der Waals surface area contributed by atoms with Gasteiger partial charge in [-0.1, -0.05) is 26.0 Å². The molecule has 3 aromatic rings. The van der Waals surface area contributed by atoms with Crippen molar-refractivity contribution in [3.63, 3.8) is 0 Å². The van der Waals surface area contributed by atoms with E-state index in [1.807, 2.05) is 12.4 Å². The largest absolute Gasteiger partial charge is 0.391 e. The Kier molecular flexibility index (Phi) is 4.67. The van der Waals surface area contributed by atoms with Crippen molar-refractivity contribution in [2.24, 2.45) is 17.8 Å². The molecule has 0 radical (unpaired) electrons. The molecule has 1 saturated carbocycles. The van der Waals surface area contributed by atoms with Gasteiger partial charge in [0.2, 0.25) is 0 Å². The molecule has 5 atom stereocenters. The summed E-state index contributed by atoms with van der Waals surface area (Å²) in [6.45, 7) is 6.39. The standard InChI is InChI=1S/C25H27N5O/c1-15-21-7-8-22-24(25(21,3)10-18(11-26)23(15)31)29-16(2)30(22)20-6-4-5-17(9-20)19-12-27-14-28-13-19/h4-6,9,12-15,18,21,23,31H,7-8,10H2,1-3H3/t15-,18?,21-,23?,25-/m0/s1. The number of nitrogens with zero attached hydrogens (tertiary/aromatic N) is 5. The molecule has 1 N–H and O–H groups in total. The Bertz CT molecular complexity index is 1160. The molecule has 0 spiro atoms. The van der Waals surface area contributed by atoms with Crippen molar-refractivity contribution in [3.05, 3.63) is 60.2 Å². The minimum absolute atomic E-state index is 0.0865. The fraction of sp³-hybridized carbons (Fsp3) is 0.440. The van der Waals surface area contributed by atoms with E-state index < -0.39 is 6.10 Å². The topological polar surface area (TPSA) is 87.6 Å². The van der Waals surface area contributed by atoms with E-state index in [0.717, 1.165) is 41.2 Å². The van der Waals surface area contributed by atoms with E-state index in [4.69, 9.17) is 4.98 Å². The third kappa shape index (κ3) is 2.99. The summed E-state index contributed by atoms with van der Waals surface area (Å²) < 4.78 is 2.27. The van der Waals surface area contributed by atoms with Crippen LogP contribution >= 0.6 is 0 Å². The lowest BCUT2D eigenvalue weighted by Gasteiger charge is -2.51. The number of imidazole rings is 1. The van der Waals surface area contributed by atoms with E-state index in [1.54, 1.807) is 0 Å². The average molecular weight is 414 g/mol. The van der Waals surface area contributed by atoms with Gasteiger partial charge in [0.25, 0.3) is 0 Å². The lowest BCUT2D eigenvalue weighted by atomic mass is 9.54. The fourth-order valence-corrected chi connectivity index (χ4v) is 6.06. The predicted octanol–water partition coefficient (Wildman–Crippen LogP) is 4.00. The van der Waals surface area contributed by atoms with Gasteiger partial charge < -0.3 is 9.67 Å². The zero-order valence-corrected chi connectivity index (χ0v) is 18.2. The number of hydrogen-bond acceptors (Lipinski definition) is 5. The van der Waals surface area contributed by atoms with Gasteiger partial charge in [-0.25, -0.2) is 15.0 Å². The fourth-order valence-electron chi connectivity index (χ4n) is 6.06. The minimum atomic E-state index is -0.558. The summed E-state index contributed by atoms with van der Waals surface area (Å²) in [5.74, 6) is 1.02. The Balaban J connectivity index is 1.61. The molecule has 2 aliphatic carbocycles. The number of rotatable bonds is 2. The van der Waals surface area contributed by atoms with Crippen LogP contribution in [0.1, 0.15) is 43.9 Å². The van der Waals surface area contributed by atoms with Gasteiger partial charge in [0.1, 0.15) is 12.2 Å². The SMILES string of the molecule is Cc1nc2c(n1-c1cccc(-c3cncnc3)c1)CC[C@H]1[C@H](C)C(O)C(C#N)C[C@]21C. The molecule has 2 aromatic heterocycles. The third-order valence-corrected chi connectivity index (χ3v) is 7.59. The Hall–Kier alpha value is -3.04. The highest BCUT2D eigenvalue weighted by atomic mass is 16.3. The third-order valence-electron chi connectivity index (χ3n) is 7.59. The number of benzene rings is 1. The molecular weight excluding hydrogens is 386 g/mol. The van der Waals surface area contributed by atoms with Crippen molar-refractivity contribution < 1.29 is 5.11 Å². The first kappa shape index (κ1) is 19.9. The van der Waals surface area contributed by atoms with Crippen LogP contribution in [0.25, 0.3) is 16.8 Å². The Morgan fingerprint density at radius 3 is 2.74 bits per heavy atom. The quantitative estimate of drug-likeness (QED) is 0.686. The van der Waals surface area contributed by atoms with Crippen LogP contribution in [0.2, 0.25) is 0 Å². The maximum absolute atomic E-state index is 10.7. The lowest BCUT2D eigenvalue weighted by molar-refractivity contribution is -0.0344. The van der Waals surface area contributed by atoms with Crippen LogP contribution in [-0.2, 0) is 11.8 Å². The van der Waals surface area contributed by atoms with Crippen molar-refractivity contribution in [1.29, 1.82) is 5.26 Å². The molecule has 2 aliphatic rings. The zero-order chi connectivity index (χ0) is 21.8. The molecule has 5 rings (SSSR count). The van der Waals surface area contributed by atoms with Crippen LogP contribution in [0, 0.1) is 36.0 Å². The van der Waals surface area contributed by atoms with Crippen molar-refractivity contribution >= 4 is 0 Å². The van der Waals surface area contributed by atoms with Crippen LogP contribution in [-0.4, -0.2) is 30.7 Å². The molecule has 2 heterocycles. The van der Waals surface area contributed by atoms with Crippen LogP contribution in [0.5, 0.6) is 0 Å². The second kappa shape index (κ2) is 7.28. The van der Waals surface area contributed by atoms with E-state index in [1.165, 1.54) is 12.0 Å². The van der Waals surface area contributed by atoms with Gasteiger partial charge in [-0.2, -0.15) is 5.26 Å². The smallest absolute Gasteiger partial charge is 0.115 e. The molecule has 6 nitrogen and oxygen atoms in total. The summed E-state index contributed by atoms with van der Waals surface area (Å²) in [4.78, 5) is 13.4. The second-order valence-corrected chi connectivity index (χ2v) is 9.32. The molecule has 1 aromatic carbocycles. The Labute approximate surface area is 182 Å². The van der Waals surface area contributed by atoms with E-state index in [0.29, 0.717) is 12.3 Å². The summed E-state index contributed by atoms with van der Waals surface area (Å²) in [7, 11) is 0. The second-order valence-electron chi connectivity index (χ2n) is 9.32. The summed E-state index contributed by atoms with van der Waals surface area (Å²) >= 11 is 0. The summed E-state index contributed by atoms with van der Waals surface area (Å²) in [5, 5.41) is 20.3. The molecular formula is C25H27N5O. The number of nitriles is 1. The Morgan fingerprint density at radius 2 is 2.00 bits per heavy atom. The summed E-state index contributed by atoms with van der Waals surface area (Å²) in [5.41, 5.74) is 5.27. The van der Waals surface area contributed by atoms with Gasteiger partial charge in [-0.15, -0.1) is 0 Å². The highest BCUT2D eigenvalue weighted by molar-refractivity contribution is 5.64. The number of aryl methyl sites for hydroxylation is 1. The molecule has 0 saturated heterocycles. The van der Waals surface area contributed by atoms with Crippen LogP contribution in [0.3, 0.4) is 0 Å². The molecule has 0 aliphatic heterocycles. The first-order valence-electron chi connectivity index (χ1n) is 11.0. The molecule has 6 heteroatoms. The van der Waals surface area contributed by atoms with Crippen molar-refractivity contribution in [1.82, 2.24) is 19.5 Å². The van der Waals surface area contributed by atoms with Crippen molar-refractivity contribution in [2.45, 2.75) is 51.6 Å². The van der Waals surface area contributed by atoms with E-state index >= 15 is 0 Å². The first-order valence-corrected chi connectivity index (χ1v) is 11.0. The maximum atomic E-state index is 10.7. The van der Waals surface area contributed by atoms with Crippen LogP contribution in [0.4, 0.5) is 0 Å². The summed E-state index contributed by atoms with van der Waals surface area (Å²) in [6.07, 6.45) is 7.20. The van der Waals surface area contributed by atoms with E-state index in [-0.39, 0.29) is 17.3 Å². The van der Waals surface area contributed by atoms with Gasteiger partial charge in [0.05, 0.1) is 23.8 Å². The summed E-state index contributed by atoms with van der Waals surface area (Å²) in [6, 6.07) is 10.8. The van der Waals surface area contributed by atoms with Gasteiger partial charge in [-0.05, 0) is 55.7 Å². The highest BCUT2D eigenvalue weighted by Gasteiger charge is 2.53. The number of fused-ring (bicyclic) bond motifs is 3. The molecule has 0 bridgehead atoms. The van der Waals surface area contributed by atoms with Gasteiger partial charge >= 0.3 is 0 Å². The van der Waals surface area contributed by atoms with E-state index in [2.05, 4.69) is 65.6 Å². The van der Waals surface area contributed by atoms with Gasteiger partial charge in [0.15, 0.2) is 0 Å². The number of hydrogen-bond donors (Lipinski definition) is 1. The molecule has 1 fully saturated rings. The van der Waals surface area contributed by atoms with Crippen LogP contribution < -0.4 is 0 Å². The average Bonchev–Trinajstić information content (AvgIpc) is 3.14. The Morgan fingerprint density at radius 1 is 1.23 bits per heavy atom. The zero-order valence-electron chi connectivity index (χ0n) is 18.2. The first-order chi connectivity index (χ1) is 14.9. The van der Waals surface area contributed by atoms with E-state index in [9.17, 15) is 10.4 Å². The number of aliphatic hydroxyl groups excluding tert-OH is 1. The number of aliphatic hydroxyl groups is 1. The van der Waals surface area contributed by atoms with Crippen LogP contribution in [0.15, 0.2) is 43.0 Å². The lowest BCUT2D eigenvalue weighted by Crippen LogP contribution is -2.52. The van der Waals surface area contributed by atoms with Gasteiger partial charge in [0, 0.05) is 34.8 Å². The molecule has 2 unspecified atom stereocenters. The molecule has 158 valence electrons. The molecule has 0 amide bonds. The van der Waals surface area contributed by atoms with Crippen molar-refractivity contribution in [3.8, 4) is 22.9 Å². The monoisotopic (exact) mass is 413 g/mol. The van der Waals surface area contributed by atoms with Crippen molar-refractivity contribution in [2.75, 3.05) is 0 Å². The maximum Gasteiger partial charge on any atom is 0.115 e.